The van der Waals surface area contributed by atoms with Crippen LogP contribution in [0.1, 0.15) is 31.4 Å². The van der Waals surface area contributed by atoms with Gasteiger partial charge in [-0.2, -0.15) is 0 Å². The molecule has 0 spiro atoms. The van der Waals surface area contributed by atoms with Gasteiger partial charge in [-0.15, -0.1) is 0 Å². The highest BCUT2D eigenvalue weighted by Gasteiger charge is 2.41. The molecule has 23 heavy (non-hydrogen) atoms. The highest BCUT2D eigenvalue weighted by atomic mass is 16.6. The van der Waals surface area contributed by atoms with Gasteiger partial charge in [0.05, 0.1) is 7.11 Å². The normalized spacial score (nSPS) is 22.7. The predicted molar refractivity (Wildman–Crippen MR) is 90.1 cm³/mol. The molecule has 2 aromatic carbocycles. The minimum absolute atomic E-state index is 0.232. The summed E-state index contributed by atoms with van der Waals surface area (Å²) in [7, 11) is 1.64. The molecule has 0 amide bonds. The fraction of sp³-hybridized carbons (Fsp3) is 0.250. The number of ether oxygens (including phenoxy) is 2. The van der Waals surface area contributed by atoms with Gasteiger partial charge in [0.15, 0.2) is 0 Å². The van der Waals surface area contributed by atoms with Gasteiger partial charge in [-0.3, -0.25) is 0 Å². The first-order valence-corrected chi connectivity index (χ1v) is 7.66. The van der Waals surface area contributed by atoms with E-state index in [-0.39, 0.29) is 5.97 Å². The second-order valence-electron chi connectivity index (χ2n) is 6.00. The molecule has 1 heterocycles. The summed E-state index contributed by atoms with van der Waals surface area (Å²) in [6.45, 7) is 3.93. The van der Waals surface area contributed by atoms with E-state index in [9.17, 15) is 4.79 Å². The number of hydrogen-bond acceptors (Lipinski definition) is 3. The second kappa shape index (κ2) is 5.92. The third-order valence-electron chi connectivity index (χ3n) is 4.44. The van der Waals surface area contributed by atoms with Crippen molar-refractivity contribution in [3.05, 3.63) is 71.3 Å². The van der Waals surface area contributed by atoms with Crippen molar-refractivity contribution in [2.24, 2.45) is 0 Å². The Morgan fingerprint density at radius 3 is 2.35 bits per heavy atom. The summed E-state index contributed by atoms with van der Waals surface area (Å²) < 4.78 is 10.9. The number of cyclic esters (lactones) is 1. The van der Waals surface area contributed by atoms with E-state index in [4.69, 9.17) is 9.47 Å². The van der Waals surface area contributed by atoms with Gasteiger partial charge in [0.1, 0.15) is 11.4 Å². The maximum atomic E-state index is 12.4. The summed E-state index contributed by atoms with van der Waals surface area (Å²) >= 11 is 0. The van der Waals surface area contributed by atoms with Crippen LogP contribution in [0.5, 0.6) is 5.75 Å². The smallest absolute Gasteiger partial charge is 0.335 e. The van der Waals surface area contributed by atoms with E-state index in [1.807, 2.05) is 68.4 Å². The van der Waals surface area contributed by atoms with E-state index < -0.39 is 5.60 Å². The van der Waals surface area contributed by atoms with Crippen molar-refractivity contribution in [1.82, 2.24) is 0 Å². The van der Waals surface area contributed by atoms with Gasteiger partial charge in [0.2, 0.25) is 0 Å². The maximum Gasteiger partial charge on any atom is 0.335 e. The Bertz CT molecular complexity index is 744. The molecule has 118 valence electrons. The van der Waals surface area contributed by atoms with Crippen LogP contribution in [0.25, 0.3) is 5.57 Å². The number of hydrogen-bond donors (Lipinski definition) is 0. The molecule has 1 saturated heterocycles. The lowest BCUT2D eigenvalue weighted by atomic mass is 9.89. The zero-order chi connectivity index (χ0) is 16.4. The summed E-state index contributed by atoms with van der Waals surface area (Å²) in [5.41, 5.74) is 3.13. The third kappa shape index (κ3) is 2.87. The van der Waals surface area contributed by atoms with E-state index in [1.54, 1.807) is 7.11 Å². The molecule has 0 aromatic heterocycles. The average Bonchev–Trinajstić information content (AvgIpc) is 2.91. The van der Waals surface area contributed by atoms with Crippen molar-refractivity contribution in [1.29, 1.82) is 0 Å². The average molecular weight is 308 g/mol. The summed E-state index contributed by atoms with van der Waals surface area (Å²) in [4.78, 5) is 12.4. The summed E-state index contributed by atoms with van der Waals surface area (Å²) in [5.74, 6) is 0.569. The van der Waals surface area contributed by atoms with E-state index in [0.717, 1.165) is 28.0 Å². The highest BCUT2D eigenvalue weighted by molar-refractivity contribution is 5.99. The van der Waals surface area contributed by atoms with Crippen LogP contribution in [-0.2, 0) is 15.1 Å². The standard InChI is InChI=1S/C20H20O3/c1-14(15-9-11-17(22-3)12-10-15)18-13-20(2,23-19(18)21)16-7-5-4-6-8-16/h4-12H,13H2,1-3H3/b18-14+. The molecular formula is C20H20O3. The van der Waals surface area contributed by atoms with Crippen LogP contribution < -0.4 is 4.74 Å². The zero-order valence-corrected chi connectivity index (χ0v) is 13.6. The molecule has 1 aliphatic rings. The molecule has 1 unspecified atom stereocenters. The monoisotopic (exact) mass is 308 g/mol. The number of benzene rings is 2. The number of methoxy groups -OCH3 is 1. The van der Waals surface area contributed by atoms with Crippen molar-refractivity contribution in [2.45, 2.75) is 25.9 Å². The van der Waals surface area contributed by atoms with Crippen molar-refractivity contribution in [2.75, 3.05) is 7.11 Å². The Morgan fingerprint density at radius 2 is 1.74 bits per heavy atom. The number of rotatable bonds is 3. The quantitative estimate of drug-likeness (QED) is 0.625. The molecule has 0 saturated carbocycles. The lowest BCUT2D eigenvalue weighted by Crippen LogP contribution is -2.20. The first-order chi connectivity index (χ1) is 11.0. The van der Waals surface area contributed by atoms with Crippen LogP contribution in [0.15, 0.2) is 60.2 Å². The Kier molecular flexibility index (Phi) is 3.95. The molecule has 3 rings (SSSR count). The van der Waals surface area contributed by atoms with Crippen LogP contribution in [0.3, 0.4) is 0 Å². The van der Waals surface area contributed by atoms with Crippen molar-refractivity contribution < 1.29 is 14.3 Å². The van der Waals surface area contributed by atoms with Crippen LogP contribution in [-0.4, -0.2) is 13.1 Å². The van der Waals surface area contributed by atoms with Gasteiger partial charge in [0.25, 0.3) is 0 Å². The topological polar surface area (TPSA) is 35.5 Å². The highest BCUT2D eigenvalue weighted by Crippen LogP contribution is 2.41. The molecule has 0 N–H and O–H groups in total. The Balaban J connectivity index is 1.95. The minimum Gasteiger partial charge on any atom is -0.497 e. The van der Waals surface area contributed by atoms with Gasteiger partial charge in [-0.1, -0.05) is 42.5 Å². The van der Waals surface area contributed by atoms with Gasteiger partial charge in [-0.25, -0.2) is 4.79 Å². The van der Waals surface area contributed by atoms with Crippen molar-refractivity contribution >= 4 is 11.5 Å². The molecule has 3 nitrogen and oxygen atoms in total. The van der Waals surface area contributed by atoms with Crippen molar-refractivity contribution in [3.8, 4) is 5.75 Å². The van der Waals surface area contributed by atoms with Gasteiger partial charge in [-0.05, 0) is 42.7 Å². The van der Waals surface area contributed by atoms with Crippen LogP contribution in [0.4, 0.5) is 0 Å². The number of carbonyl (C=O) groups excluding carboxylic acids is 1. The Morgan fingerprint density at radius 1 is 1.09 bits per heavy atom. The molecule has 0 aliphatic carbocycles. The maximum absolute atomic E-state index is 12.4. The molecule has 0 radical (unpaired) electrons. The molecule has 0 bridgehead atoms. The molecule has 1 atom stereocenters. The Labute approximate surface area is 136 Å². The Hall–Kier alpha value is -2.55. The molecule has 1 fully saturated rings. The zero-order valence-electron chi connectivity index (χ0n) is 13.6. The predicted octanol–water partition coefficient (Wildman–Crippen LogP) is 4.33. The first-order valence-electron chi connectivity index (χ1n) is 7.66. The fourth-order valence-electron chi connectivity index (χ4n) is 2.96. The van der Waals surface area contributed by atoms with Crippen LogP contribution >= 0.6 is 0 Å². The van der Waals surface area contributed by atoms with E-state index >= 15 is 0 Å². The summed E-state index contributed by atoms with van der Waals surface area (Å²) in [5, 5.41) is 0. The molecular weight excluding hydrogens is 288 g/mol. The third-order valence-corrected chi connectivity index (χ3v) is 4.44. The first kappa shape index (κ1) is 15.3. The lowest BCUT2D eigenvalue weighted by molar-refractivity contribution is -0.145. The fourth-order valence-corrected chi connectivity index (χ4v) is 2.96. The minimum atomic E-state index is -0.596. The van der Waals surface area contributed by atoms with E-state index in [2.05, 4.69) is 0 Å². The summed E-state index contributed by atoms with van der Waals surface area (Å²) in [6, 6.07) is 17.6. The van der Waals surface area contributed by atoms with Gasteiger partial charge >= 0.3 is 5.97 Å². The lowest BCUT2D eigenvalue weighted by Gasteiger charge is -2.22. The number of esters is 1. The SMILES string of the molecule is COc1ccc(/C(C)=C2\CC(C)(c3ccccc3)OC2=O)cc1. The van der Waals surface area contributed by atoms with Gasteiger partial charge < -0.3 is 9.47 Å². The van der Waals surface area contributed by atoms with Crippen molar-refractivity contribution in [3.63, 3.8) is 0 Å². The molecule has 3 heteroatoms. The second-order valence-corrected chi connectivity index (χ2v) is 6.00. The number of carbonyl (C=O) groups is 1. The van der Waals surface area contributed by atoms with E-state index in [1.165, 1.54) is 0 Å². The van der Waals surface area contributed by atoms with Gasteiger partial charge in [0, 0.05) is 12.0 Å². The van der Waals surface area contributed by atoms with E-state index in [0.29, 0.717) is 6.42 Å². The number of allylic oxidation sites excluding steroid dienone is 1. The largest absolute Gasteiger partial charge is 0.497 e. The summed E-state index contributed by atoms with van der Waals surface area (Å²) in [6.07, 6.45) is 0.577. The van der Waals surface area contributed by atoms with Crippen LogP contribution in [0, 0.1) is 0 Å². The molecule has 2 aromatic rings. The van der Waals surface area contributed by atoms with Crippen LogP contribution in [0.2, 0.25) is 0 Å². The molecule has 1 aliphatic heterocycles.